The highest BCUT2D eigenvalue weighted by molar-refractivity contribution is 5.80. The van der Waals surface area contributed by atoms with Crippen LogP contribution in [0.4, 0.5) is 4.79 Å². The Morgan fingerprint density at radius 1 is 0.914 bits per heavy atom. The molecule has 2 amide bonds. The monoisotopic (exact) mass is 480 g/mol. The number of alkyl carbamates (subject to hydrolysis) is 1. The number of hydrogen-bond acceptors (Lipinski definition) is 4. The molecule has 2 aromatic rings. The van der Waals surface area contributed by atoms with Crippen LogP contribution in [-0.2, 0) is 14.3 Å². The summed E-state index contributed by atoms with van der Waals surface area (Å²) in [6, 6.07) is 15.4. The number of hydrogen-bond donors (Lipinski definition) is 3. The predicted molar refractivity (Wildman–Crippen MR) is 135 cm³/mol. The second-order valence-electron chi connectivity index (χ2n) is 10.4. The van der Waals surface area contributed by atoms with E-state index in [-0.39, 0.29) is 36.7 Å². The van der Waals surface area contributed by atoms with Crippen LogP contribution in [0.3, 0.4) is 0 Å². The van der Waals surface area contributed by atoms with Crippen molar-refractivity contribution in [1.82, 2.24) is 10.6 Å². The molecule has 2 atom stereocenters. The van der Waals surface area contributed by atoms with E-state index in [4.69, 9.17) is 9.84 Å². The number of amides is 2. The van der Waals surface area contributed by atoms with E-state index in [1.54, 1.807) is 0 Å². The summed E-state index contributed by atoms with van der Waals surface area (Å²) in [5.41, 5.74) is 4.46. The van der Waals surface area contributed by atoms with Gasteiger partial charge in [0.15, 0.2) is 0 Å². The molecule has 3 rings (SSSR count). The van der Waals surface area contributed by atoms with E-state index < -0.39 is 24.1 Å². The Kier molecular flexibility index (Phi) is 8.54. The minimum atomic E-state index is -0.958. The highest BCUT2D eigenvalue weighted by Crippen LogP contribution is 2.44. The van der Waals surface area contributed by atoms with Gasteiger partial charge in [0.2, 0.25) is 5.91 Å². The van der Waals surface area contributed by atoms with E-state index in [2.05, 4.69) is 34.9 Å². The molecule has 35 heavy (non-hydrogen) atoms. The summed E-state index contributed by atoms with van der Waals surface area (Å²) in [7, 11) is 0. The van der Waals surface area contributed by atoms with Gasteiger partial charge in [0.1, 0.15) is 6.61 Å². The van der Waals surface area contributed by atoms with Crippen LogP contribution >= 0.6 is 0 Å². The first-order chi connectivity index (χ1) is 16.6. The van der Waals surface area contributed by atoms with Crippen LogP contribution < -0.4 is 10.6 Å². The molecular weight excluding hydrogens is 444 g/mol. The highest BCUT2D eigenvalue weighted by Gasteiger charge is 2.30. The number of fused-ring (bicyclic) bond motifs is 3. The van der Waals surface area contributed by atoms with Crippen molar-refractivity contribution in [3.63, 3.8) is 0 Å². The van der Waals surface area contributed by atoms with Crippen LogP contribution in [0.2, 0.25) is 0 Å². The minimum Gasteiger partial charge on any atom is -0.481 e. The number of aliphatic carboxylic acids is 1. The minimum absolute atomic E-state index is 0.0427. The van der Waals surface area contributed by atoms with Gasteiger partial charge in [-0.25, -0.2) is 4.79 Å². The SMILES string of the molecule is CCC(CC(=O)O)NC(=O)CC(CC(C)(C)C)NC(=O)OCC1c2ccccc2-c2ccccc21. The largest absolute Gasteiger partial charge is 0.481 e. The van der Waals surface area contributed by atoms with Gasteiger partial charge in [-0.2, -0.15) is 0 Å². The number of rotatable bonds is 10. The van der Waals surface area contributed by atoms with E-state index in [1.165, 1.54) is 0 Å². The van der Waals surface area contributed by atoms with Crippen LogP contribution in [-0.4, -0.2) is 41.8 Å². The van der Waals surface area contributed by atoms with E-state index in [9.17, 15) is 14.4 Å². The molecule has 0 spiro atoms. The van der Waals surface area contributed by atoms with Crippen molar-refractivity contribution < 1.29 is 24.2 Å². The van der Waals surface area contributed by atoms with Crippen molar-refractivity contribution in [3.05, 3.63) is 59.7 Å². The molecular formula is C28H36N2O5. The summed E-state index contributed by atoms with van der Waals surface area (Å²) in [5.74, 6) is -1.29. The van der Waals surface area contributed by atoms with Gasteiger partial charge in [-0.3, -0.25) is 9.59 Å². The lowest BCUT2D eigenvalue weighted by molar-refractivity contribution is -0.137. The first-order valence-corrected chi connectivity index (χ1v) is 12.2. The third-order valence-electron chi connectivity index (χ3n) is 6.24. The molecule has 0 radical (unpaired) electrons. The van der Waals surface area contributed by atoms with E-state index in [1.807, 2.05) is 52.0 Å². The molecule has 0 aromatic heterocycles. The second-order valence-corrected chi connectivity index (χ2v) is 10.4. The normalized spacial score (nSPS) is 14.4. The van der Waals surface area contributed by atoms with E-state index >= 15 is 0 Å². The zero-order chi connectivity index (χ0) is 25.6. The maximum Gasteiger partial charge on any atom is 0.407 e. The maximum atomic E-state index is 12.8. The van der Waals surface area contributed by atoms with Crippen molar-refractivity contribution in [2.45, 2.75) is 71.4 Å². The Morgan fingerprint density at radius 2 is 1.49 bits per heavy atom. The van der Waals surface area contributed by atoms with Gasteiger partial charge in [-0.1, -0.05) is 76.2 Å². The molecule has 0 heterocycles. The van der Waals surface area contributed by atoms with Gasteiger partial charge in [-0.05, 0) is 40.5 Å². The molecule has 2 unspecified atom stereocenters. The molecule has 0 fully saturated rings. The molecule has 188 valence electrons. The van der Waals surface area contributed by atoms with Crippen molar-refractivity contribution in [2.24, 2.45) is 5.41 Å². The van der Waals surface area contributed by atoms with Gasteiger partial charge in [-0.15, -0.1) is 0 Å². The third-order valence-corrected chi connectivity index (χ3v) is 6.24. The van der Waals surface area contributed by atoms with Gasteiger partial charge < -0.3 is 20.5 Å². The Balaban J connectivity index is 1.63. The van der Waals surface area contributed by atoms with Crippen LogP contribution in [0.25, 0.3) is 11.1 Å². The fourth-order valence-electron chi connectivity index (χ4n) is 4.74. The Morgan fingerprint density at radius 3 is 2.00 bits per heavy atom. The topological polar surface area (TPSA) is 105 Å². The molecule has 1 aliphatic rings. The predicted octanol–water partition coefficient (Wildman–Crippen LogP) is 5.09. The zero-order valence-electron chi connectivity index (χ0n) is 21.0. The summed E-state index contributed by atoms with van der Waals surface area (Å²) in [5, 5.41) is 14.7. The summed E-state index contributed by atoms with van der Waals surface area (Å²) >= 11 is 0. The smallest absolute Gasteiger partial charge is 0.407 e. The molecule has 1 aliphatic carbocycles. The number of benzene rings is 2. The fourth-order valence-corrected chi connectivity index (χ4v) is 4.74. The maximum absolute atomic E-state index is 12.8. The molecule has 0 aliphatic heterocycles. The molecule has 0 saturated carbocycles. The van der Waals surface area contributed by atoms with Crippen LogP contribution in [0, 0.1) is 5.41 Å². The van der Waals surface area contributed by atoms with Crippen LogP contribution in [0.5, 0.6) is 0 Å². The van der Waals surface area contributed by atoms with Crippen LogP contribution in [0.1, 0.15) is 70.4 Å². The fraction of sp³-hybridized carbons (Fsp3) is 0.464. The molecule has 2 aromatic carbocycles. The second kappa shape index (κ2) is 11.4. The number of nitrogens with one attached hydrogen (secondary N) is 2. The highest BCUT2D eigenvalue weighted by atomic mass is 16.5. The summed E-state index contributed by atoms with van der Waals surface area (Å²) in [6.07, 6.45) is 0.442. The number of carbonyl (C=O) groups excluding carboxylic acids is 2. The lowest BCUT2D eigenvalue weighted by Crippen LogP contribution is -2.44. The van der Waals surface area contributed by atoms with E-state index in [0.29, 0.717) is 12.8 Å². The summed E-state index contributed by atoms with van der Waals surface area (Å²) in [6.45, 7) is 8.14. The standard InChI is InChI=1S/C28H36N2O5/c1-5-18(15-26(32)33)29-25(31)14-19(16-28(2,3)4)30-27(34)35-17-24-22-12-8-6-10-20(22)21-11-7-9-13-23(21)24/h6-13,18-19,24H,5,14-17H2,1-4H3,(H,29,31)(H,30,34)(H,32,33). The number of ether oxygens (including phenoxy) is 1. The Bertz CT molecular complexity index is 1010. The van der Waals surface area contributed by atoms with Crippen molar-refractivity contribution in [2.75, 3.05) is 6.61 Å². The van der Waals surface area contributed by atoms with Crippen molar-refractivity contribution in [1.29, 1.82) is 0 Å². The Hall–Kier alpha value is -3.35. The number of carbonyl (C=O) groups is 3. The lowest BCUT2D eigenvalue weighted by atomic mass is 9.87. The summed E-state index contributed by atoms with van der Waals surface area (Å²) < 4.78 is 5.66. The summed E-state index contributed by atoms with van der Waals surface area (Å²) in [4.78, 5) is 36.4. The molecule has 7 nitrogen and oxygen atoms in total. The van der Waals surface area contributed by atoms with Gasteiger partial charge in [0.25, 0.3) is 0 Å². The third kappa shape index (κ3) is 7.31. The first kappa shape index (κ1) is 26.3. The Labute approximate surface area is 207 Å². The molecule has 0 saturated heterocycles. The molecule has 7 heteroatoms. The lowest BCUT2D eigenvalue weighted by Gasteiger charge is -2.27. The quantitative estimate of drug-likeness (QED) is 0.439. The van der Waals surface area contributed by atoms with Gasteiger partial charge in [0, 0.05) is 24.4 Å². The van der Waals surface area contributed by atoms with Gasteiger partial charge >= 0.3 is 12.1 Å². The molecule has 3 N–H and O–H groups in total. The first-order valence-electron chi connectivity index (χ1n) is 12.2. The molecule has 0 bridgehead atoms. The average molecular weight is 481 g/mol. The van der Waals surface area contributed by atoms with Crippen molar-refractivity contribution >= 4 is 18.0 Å². The number of carboxylic acid groups (broad SMARTS) is 1. The average Bonchev–Trinajstić information content (AvgIpc) is 3.09. The number of carboxylic acids is 1. The zero-order valence-corrected chi connectivity index (χ0v) is 21.0. The van der Waals surface area contributed by atoms with Gasteiger partial charge in [0.05, 0.1) is 6.42 Å². The van der Waals surface area contributed by atoms with E-state index in [0.717, 1.165) is 22.3 Å². The van der Waals surface area contributed by atoms with Crippen molar-refractivity contribution in [3.8, 4) is 11.1 Å². The van der Waals surface area contributed by atoms with Crippen LogP contribution in [0.15, 0.2) is 48.5 Å².